The molecule has 0 heterocycles. The molecular formula is C13H14F2N2O4. The molecule has 0 radical (unpaired) electrons. The van der Waals surface area contributed by atoms with E-state index in [2.05, 4.69) is 0 Å². The number of benzene rings is 1. The summed E-state index contributed by atoms with van der Waals surface area (Å²) in [5.41, 5.74) is -1.47. The SMILES string of the molecule is CN(CC1CC(O)C1)C(=O)c1cc([N+](=O)[O-])c(F)cc1F. The lowest BCUT2D eigenvalue weighted by Gasteiger charge is -2.34. The van der Waals surface area contributed by atoms with Crippen LogP contribution < -0.4 is 0 Å². The maximum Gasteiger partial charge on any atom is 0.305 e. The van der Waals surface area contributed by atoms with Crippen LogP contribution in [0.25, 0.3) is 0 Å². The average molecular weight is 300 g/mol. The van der Waals surface area contributed by atoms with Gasteiger partial charge >= 0.3 is 5.69 Å². The summed E-state index contributed by atoms with van der Waals surface area (Å²) in [5, 5.41) is 19.8. The minimum absolute atomic E-state index is 0.118. The van der Waals surface area contributed by atoms with E-state index in [1.54, 1.807) is 0 Å². The van der Waals surface area contributed by atoms with Crippen molar-refractivity contribution in [1.29, 1.82) is 0 Å². The summed E-state index contributed by atoms with van der Waals surface area (Å²) in [7, 11) is 1.43. The van der Waals surface area contributed by atoms with Crippen LogP contribution >= 0.6 is 0 Å². The predicted octanol–water partition coefficient (Wildman–Crippen LogP) is 1.72. The summed E-state index contributed by atoms with van der Waals surface area (Å²) in [5.74, 6) is -3.09. The largest absolute Gasteiger partial charge is 0.393 e. The molecule has 2 rings (SSSR count). The van der Waals surface area contributed by atoms with Crippen LogP contribution in [-0.2, 0) is 0 Å². The van der Waals surface area contributed by atoms with Gasteiger partial charge in [0.2, 0.25) is 5.82 Å². The molecule has 0 atom stereocenters. The van der Waals surface area contributed by atoms with Crippen LogP contribution in [0.2, 0.25) is 0 Å². The number of halogens is 2. The number of nitro groups is 1. The van der Waals surface area contributed by atoms with Crippen molar-refractivity contribution in [1.82, 2.24) is 4.90 Å². The number of aliphatic hydroxyl groups is 1. The number of nitro benzene ring substituents is 1. The zero-order valence-electron chi connectivity index (χ0n) is 11.3. The third-order valence-corrected chi connectivity index (χ3v) is 3.55. The van der Waals surface area contributed by atoms with E-state index in [0.717, 1.165) is 0 Å². The second-order valence-electron chi connectivity index (χ2n) is 5.22. The highest BCUT2D eigenvalue weighted by Gasteiger charge is 2.30. The summed E-state index contributed by atoms with van der Waals surface area (Å²) in [6.45, 7) is 0.306. The number of aliphatic hydroxyl groups excluding tert-OH is 1. The van der Waals surface area contributed by atoms with E-state index in [1.807, 2.05) is 0 Å². The summed E-state index contributed by atoms with van der Waals surface area (Å²) < 4.78 is 26.9. The van der Waals surface area contributed by atoms with E-state index in [-0.39, 0.29) is 12.0 Å². The van der Waals surface area contributed by atoms with Gasteiger partial charge in [0, 0.05) is 25.7 Å². The van der Waals surface area contributed by atoms with Crippen LogP contribution in [0.1, 0.15) is 23.2 Å². The highest BCUT2D eigenvalue weighted by Crippen LogP contribution is 2.28. The van der Waals surface area contributed by atoms with Gasteiger partial charge in [0.05, 0.1) is 16.6 Å². The fourth-order valence-electron chi connectivity index (χ4n) is 2.37. The molecule has 0 bridgehead atoms. The van der Waals surface area contributed by atoms with E-state index < -0.39 is 33.7 Å². The van der Waals surface area contributed by atoms with E-state index in [0.29, 0.717) is 31.5 Å². The highest BCUT2D eigenvalue weighted by molar-refractivity contribution is 5.95. The van der Waals surface area contributed by atoms with Gasteiger partial charge in [-0.15, -0.1) is 0 Å². The molecular weight excluding hydrogens is 286 g/mol. The van der Waals surface area contributed by atoms with E-state index in [1.165, 1.54) is 11.9 Å². The number of nitrogens with zero attached hydrogens (tertiary/aromatic N) is 2. The summed E-state index contributed by atoms with van der Waals surface area (Å²) in [6.07, 6.45) is 0.745. The molecule has 1 N–H and O–H groups in total. The van der Waals surface area contributed by atoms with Crippen molar-refractivity contribution in [3.63, 3.8) is 0 Å². The van der Waals surface area contributed by atoms with Crippen LogP contribution in [0.3, 0.4) is 0 Å². The first kappa shape index (κ1) is 15.3. The monoisotopic (exact) mass is 300 g/mol. The van der Waals surface area contributed by atoms with E-state index in [9.17, 15) is 28.8 Å². The number of carbonyl (C=O) groups is 1. The molecule has 1 fully saturated rings. The Morgan fingerprint density at radius 3 is 2.57 bits per heavy atom. The second kappa shape index (κ2) is 5.72. The van der Waals surface area contributed by atoms with Gasteiger partial charge in [-0.25, -0.2) is 4.39 Å². The van der Waals surface area contributed by atoms with Gasteiger partial charge in [0.25, 0.3) is 5.91 Å². The molecule has 21 heavy (non-hydrogen) atoms. The first-order valence-corrected chi connectivity index (χ1v) is 6.36. The Kier molecular flexibility index (Phi) is 4.17. The fourth-order valence-corrected chi connectivity index (χ4v) is 2.37. The van der Waals surface area contributed by atoms with E-state index in [4.69, 9.17) is 0 Å². The number of carbonyl (C=O) groups excluding carboxylic acids is 1. The molecule has 6 nitrogen and oxygen atoms in total. The first-order chi connectivity index (χ1) is 9.79. The minimum Gasteiger partial charge on any atom is -0.393 e. The van der Waals surface area contributed by atoms with E-state index >= 15 is 0 Å². The maximum atomic E-state index is 13.6. The molecule has 0 saturated heterocycles. The number of amides is 1. The molecule has 1 saturated carbocycles. The molecule has 1 aliphatic carbocycles. The molecule has 1 aromatic rings. The molecule has 8 heteroatoms. The zero-order valence-corrected chi connectivity index (χ0v) is 11.3. The number of hydrogen-bond donors (Lipinski definition) is 1. The van der Waals surface area contributed by atoms with Crippen LogP contribution in [0.15, 0.2) is 12.1 Å². The summed E-state index contributed by atoms with van der Waals surface area (Å²) in [4.78, 5) is 22.9. The third kappa shape index (κ3) is 3.15. The Balaban J connectivity index is 2.18. The lowest BCUT2D eigenvalue weighted by Crippen LogP contribution is -2.39. The van der Waals surface area contributed by atoms with Crippen molar-refractivity contribution < 1.29 is 23.6 Å². The van der Waals surface area contributed by atoms with Gasteiger partial charge in [0.1, 0.15) is 5.82 Å². The standard InChI is InChI=1S/C13H14F2N2O4/c1-16(6-7-2-8(18)3-7)13(19)9-4-12(17(20)21)11(15)5-10(9)14/h4-5,7-8,18H,2-3,6H2,1H3. The number of hydrogen-bond acceptors (Lipinski definition) is 4. The predicted molar refractivity (Wildman–Crippen MR) is 68.7 cm³/mol. The Hall–Kier alpha value is -2.09. The van der Waals surface area contributed by atoms with Crippen LogP contribution in [0.4, 0.5) is 14.5 Å². The van der Waals surface area contributed by atoms with Gasteiger partial charge in [-0.2, -0.15) is 4.39 Å². The van der Waals surface area contributed by atoms with Crippen molar-refractivity contribution in [2.75, 3.05) is 13.6 Å². The summed E-state index contributed by atoms with van der Waals surface area (Å²) in [6, 6.07) is 0.950. The molecule has 1 amide bonds. The highest BCUT2D eigenvalue weighted by atomic mass is 19.1. The van der Waals surface area contributed by atoms with Gasteiger partial charge in [0.15, 0.2) is 0 Å². The molecule has 1 aromatic carbocycles. The van der Waals surface area contributed by atoms with Crippen LogP contribution in [0.5, 0.6) is 0 Å². The normalized spacial score (nSPS) is 20.8. The average Bonchev–Trinajstić information content (AvgIpc) is 2.35. The van der Waals surface area contributed by atoms with Crippen LogP contribution in [-0.4, -0.2) is 40.5 Å². The van der Waals surface area contributed by atoms with Crippen LogP contribution in [0, 0.1) is 27.7 Å². The zero-order chi connectivity index (χ0) is 15.7. The first-order valence-electron chi connectivity index (χ1n) is 6.36. The van der Waals surface area contributed by atoms with Crippen molar-refractivity contribution in [2.45, 2.75) is 18.9 Å². The molecule has 0 aliphatic heterocycles. The smallest absolute Gasteiger partial charge is 0.305 e. The van der Waals surface area contributed by atoms with Crippen molar-refractivity contribution in [2.24, 2.45) is 5.92 Å². The fraction of sp³-hybridized carbons (Fsp3) is 0.462. The molecule has 0 aromatic heterocycles. The summed E-state index contributed by atoms with van der Waals surface area (Å²) >= 11 is 0. The van der Waals surface area contributed by atoms with Gasteiger partial charge in [-0.05, 0) is 18.8 Å². The maximum absolute atomic E-state index is 13.6. The molecule has 0 unspecified atom stereocenters. The molecule has 1 aliphatic rings. The Bertz CT molecular complexity index is 588. The van der Waals surface area contributed by atoms with Gasteiger partial charge in [-0.1, -0.05) is 0 Å². The third-order valence-electron chi connectivity index (χ3n) is 3.55. The van der Waals surface area contributed by atoms with Crippen molar-refractivity contribution in [3.8, 4) is 0 Å². The molecule has 0 spiro atoms. The lowest BCUT2D eigenvalue weighted by atomic mass is 9.82. The van der Waals surface area contributed by atoms with Gasteiger partial charge in [-0.3, -0.25) is 14.9 Å². The quantitative estimate of drug-likeness (QED) is 0.678. The minimum atomic E-state index is -1.32. The Labute approximate surface area is 119 Å². The number of rotatable bonds is 4. The van der Waals surface area contributed by atoms with Gasteiger partial charge < -0.3 is 10.0 Å². The topological polar surface area (TPSA) is 83.7 Å². The van der Waals surface area contributed by atoms with Crippen molar-refractivity contribution in [3.05, 3.63) is 39.4 Å². The Morgan fingerprint density at radius 1 is 1.43 bits per heavy atom. The second-order valence-corrected chi connectivity index (χ2v) is 5.22. The Morgan fingerprint density at radius 2 is 2.05 bits per heavy atom. The molecule has 114 valence electrons. The van der Waals surface area contributed by atoms with Crippen molar-refractivity contribution >= 4 is 11.6 Å². The lowest BCUT2D eigenvalue weighted by molar-refractivity contribution is -0.387.